The number of rotatable bonds is 7. The number of benzene rings is 1. The first-order valence-corrected chi connectivity index (χ1v) is 8.16. The Labute approximate surface area is 146 Å². The lowest BCUT2D eigenvalue weighted by Gasteiger charge is -2.25. The Morgan fingerprint density at radius 3 is 2.60 bits per heavy atom. The van der Waals surface area contributed by atoms with Crippen LogP contribution in [0.1, 0.15) is 32.4 Å². The summed E-state index contributed by atoms with van der Waals surface area (Å²) in [4.78, 5) is 32.2. The molecule has 0 saturated carbocycles. The quantitative estimate of drug-likeness (QED) is 0.558. The summed E-state index contributed by atoms with van der Waals surface area (Å²) >= 11 is 0. The third kappa shape index (κ3) is 5.07. The van der Waals surface area contributed by atoms with E-state index < -0.39 is 17.9 Å². The Morgan fingerprint density at radius 1 is 1.20 bits per heavy atom. The first kappa shape index (κ1) is 19.0. The molecule has 138 valence electrons. The molecule has 0 saturated heterocycles. The molecule has 25 heavy (non-hydrogen) atoms. The highest BCUT2D eigenvalue weighted by molar-refractivity contribution is 5.75. The van der Waals surface area contributed by atoms with Crippen molar-refractivity contribution in [3.8, 4) is 11.5 Å². The third-order valence-corrected chi connectivity index (χ3v) is 3.76. The van der Waals surface area contributed by atoms with Crippen molar-refractivity contribution in [3.05, 3.63) is 23.8 Å². The largest absolute Gasteiger partial charge is 0.454 e. The number of nitrogens with two attached hydrogens (primary N) is 1. The Hall–Kier alpha value is -2.32. The van der Waals surface area contributed by atoms with Crippen LogP contribution in [0.3, 0.4) is 0 Å². The van der Waals surface area contributed by atoms with Gasteiger partial charge in [-0.3, -0.25) is 0 Å². The second-order valence-electron chi connectivity index (χ2n) is 6.24. The van der Waals surface area contributed by atoms with Crippen molar-refractivity contribution in [1.82, 2.24) is 5.32 Å². The molecule has 1 aromatic rings. The van der Waals surface area contributed by atoms with E-state index in [1.165, 1.54) is 0 Å². The van der Waals surface area contributed by atoms with E-state index in [4.69, 9.17) is 15.2 Å². The van der Waals surface area contributed by atoms with Gasteiger partial charge in [-0.05, 0) is 37.1 Å². The molecule has 0 amide bonds. The Bertz CT molecular complexity index is 619. The maximum absolute atomic E-state index is 12.2. The fraction of sp³-hybridized carbons (Fsp3) is 0.529. The molecule has 2 atom stereocenters. The average Bonchev–Trinajstić information content (AvgIpc) is 3.06. The molecule has 0 aromatic heterocycles. The molecule has 0 radical (unpaired) electrons. The van der Waals surface area contributed by atoms with Gasteiger partial charge in [-0.1, -0.05) is 19.9 Å². The first-order chi connectivity index (χ1) is 11.9. The van der Waals surface area contributed by atoms with E-state index >= 15 is 0 Å². The van der Waals surface area contributed by atoms with Gasteiger partial charge in [0.2, 0.25) is 6.79 Å². The first-order valence-electron chi connectivity index (χ1n) is 8.16. The summed E-state index contributed by atoms with van der Waals surface area (Å²) in [5.74, 6) is -0.405. The fourth-order valence-electron chi connectivity index (χ4n) is 2.39. The van der Waals surface area contributed by atoms with Crippen LogP contribution in [-0.4, -0.2) is 31.8 Å². The van der Waals surface area contributed by atoms with Gasteiger partial charge in [0.15, 0.2) is 11.5 Å². The second-order valence-corrected chi connectivity index (χ2v) is 6.24. The van der Waals surface area contributed by atoms with Crippen LogP contribution in [0.2, 0.25) is 0 Å². The zero-order valence-corrected chi connectivity index (χ0v) is 14.6. The topological polar surface area (TPSA) is 109 Å². The Morgan fingerprint density at radius 2 is 1.92 bits per heavy atom. The Kier molecular flexibility index (Phi) is 6.60. The van der Waals surface area contributed by atoms with E-state index in [0.717, 1.165) is 5.56 Å². The maximum atomic E-state index is 12.2. The summed E-state index contributed by atoms with van der Waals surface area (Å²) in [6, 6.07) is 5.15. The monoisotopic (exact) mass is 352 g/mol. The minimum Gasteiger partial charge on any atom is -0.454 e. The molecular formula is C17H24N2O6. The van der Waals surface area contributed by atoms with Gasteiger partial charge >= 0.3 is 11.9 Å². The summed E-state index contributed by atoms with van der Waals surface area (Å²) in [7, 11) is 0. The molecule has 1 aromatic carbocycles. The van der Waals surface area contributed by atoms with Gasteiger partial charge in [0, 0.05) is 6.04 Å². The molecule has 1 aliphatic heterocycles. The number of ether oxygens (including phenoxy) is 2. The van der Waals surface area contributed by atoms with Gasteiger partial charge in [0.25, 0.3) is 0 Å². The normalized spacial score (nSPS) is 14.9. The number of carbonyl (C=O) groups excluding carboxylic acids is 2. The Balaban J connectivity index is 2.14. The molecule has 1 aliphatic rings. The zero-order valence-electron chi connectivity index (χ0n) is 14.6. The molecule has 8 heteroatoms. The van der Waals surface area contributed by atoms with Crippen LogP contribution in [0.25, 0.3) is 0 Å². The van der Waals surface area contributed by atoms with Crippen LogP contribution in [0.15, 0.2) is 18.2 Å². The van der Waals surface area contributed by atoms with Crippen LogP contribution < -0.4 is 20.5 Å². The molecule has 1 heterocycles. The minimum atomic E-state index is -0.810. The van der Waals surface area contributed by atoms with Crippen LogP contribution in [-0.2, 0) is 19.4 Å². The number of carbonyl (C=O) groups is 2. The van der Waals surface area contributed by atoms with E-state index in [-0.39, 0.29) is 19.4 Å². The summed E-state index contributed by atoms with van der Waals surface area (Å²) in [5, 5.41) is 3.35. The van der Waals surface area contributed by atoms with Gasteiger partial charge in [-0.15, -0.1) is 0 Å². The highest BCUT2D eigenvalue weighted by atomic mass is 17.2. The van der Waals surface area contributed by atoms with E-state index in [2.05, 4.69) is 28.9 Å². The van der Waals surface area contributed by atoms with Crippen molar-refractivity contribution >= 4 is 11.9 Å². The van der Waals surface area contributed by atoms with Gasteiger partial charge in [-0.2, -0.15) is 0 Å². The maximum Gasteiger partial charge on any atom is 0.368 e. The summed E-state index contributed by atoms with van der Waals surface area (Å²) in [5.41, 5.74) is 5.96. The molecule has 0 bridgehead atoms. The van der Waals surface area contributed by atoms with Crippen molar-refractivity contribution in [2.45, 2.75) is 26.8 Å². The molecule has 3 N–H and O–H groups in total. The number of hydrogen-bond acceptors (Lipinski definition) is 8. The van der Waals surface area contributed by atoms with Crippen LogP contribution in [0.4, 0.5) is 0 Å². The molecule has 0 aliphatic carbocycles. The van der Waals surface area contributed by atoms with Crippen molar-refractivity contribution in [1.29, 1.82) is 0 Å². The van der Waals surface area contributed by atoms with Crippen molar-refractivity contribution in [3.63, 3.8) is 0 Å². The van der Waals surface area contributed by atoms with Gasteiger partial charge < -0.3 is 20.5 Å². The van der Waals surface area contributed by atoms with Crippen LogP contribution in [0, 0.1) is 11.8 Å². The standard InChI is InChI=1S/C17H24N2O6/c1-10(2)8-19-16(11(3)17(21)25-24-15(20)7-18)12-4-5-13-14(6-12)23-9-22-13/h4-6,10-11,16,19H,7-9,18H2,1-3H3. The zero-order chi connectivity index (χ0) is 18.4. The van der Waals surface area contributed by atoms with Crippen molar-refractivity contribution in [2.24, 2.45) is 17.6 Å². The minimum absolute atomic E-state index is 0.176. The molecule has 2 rings (SSSR count). The predicted molar refractivity (Wildman–Crippen MR) is 88.5 cm³/mol. The second kappa shape index (κ2) is 8.68. The lowest BCUT2D eigenvalue weighted by atomic mass is 9.93. The SMILES string of the molecule is CC(C)CNC(c1ccc2c(c1)OCO2)C(C)C(=O)OOC(=O)CN. The lowest BCUT2D eigenvalue weighted by molar-refractivity contribution is -0.261. The number of fused-ring (bicyclic) bond motifs is 1. The van der Waals surface area contributed by atoms with Crippen LogP contribution >= 0.6 is 0 Å². The van der Waals surface area contributed by atoms with E-state index in [9.17, 15) is 9.59 Å². The molecule has 0 fully saturated rings. The lowest BCUT2D eigenvalue weighted by Crippen LogP contribution is -2.35. The highest BCUT2D eigenvalue weighted by Gasteiger charge is 2.29. The predicted octanol–water partition coefficient (Wildman–Crippen LogP) is 1.30. The highest BCUT2D eigenvalue weighted by Crippen LogP contribution is 2.36. The molecule has 2 unspecified atom stereocenters. The molecular weight excluding hydrogens is 328 g/mol. The van der Waals surface area contributed by atoms with Crippen LogP contribution in [0.5, 0.6) is 11.5 Å². The molecule has 0 spiro atoms. The van der Waals surface area contributed by atoms with Gasteiger partial charge in [-0.25, -0.2) is 19.4 Å². The van der Waals surface area contributed by atoms with Crippen molar-refractivity contribution < 1.29 is 28.8 Å². The molecule has 8 nitrogen and oxygen atoms in total. The van der Waals surface area contributed by atoms with Gasteiger partial charge in [0.1, 0.15) is 0 Å². The smallest absolute Gasteiger partial charge is 0.368 e. The average molecular weight is 352 g/mol. The summed E-state index contributed by atoms with van der Waals surface area (Å²) < 4.78 is 10.7. The number of hydrogen-bond donors (Lipinski definition) is 2. The van der Waals surface area contributed by atoms with Gasteiger partial charge in [0.05, 0.1) is 12.5 Å². The summed E-state index contributed by atoms with van der Waals surface area (Å²) in [6.45, 7) is 6.33. The van der Waals surface area contributed by atoms with E-state index in [1.807, 2.05) is 12.1 Å². The number of nitrogens with one attached hydrogen (secondary N) is 1. The third-order valence-electron chi connectivity index (χ3n) is 3.76. The summed E-state index contributed by atoms with van der Waals surface area (Å²) in [6.07, 6.45) is 0. The fourth-order valence-corrected chi connectivity index (χ4v) is 2.39. The van der Waals surface area contributed by atoms with Crippen molar-refractivity contribution in [2.75, 3.05) is 19.9 Å². The van der Waals surface area contributed by atoms with E-state index in [1.54, 1.807) is 13.0 Å². The van der Waals surface area contributed by atoms with E-state index in [0.29, 0.717) is 24.0 Å².